The molecule has 0 saturated carbocycles. The lowest BCUT2D eigenvalue weighted by molar-refractivity contribution is 0.0952. The molecule has 1 rings (SSSR count). The first-order chi connectivity index (χ1) is 9.99. The van der Waals surface area contributed by atoms with Crippen molar-refractivity contribution in [1.29, 1.82) is 0 Å². The molecule has 1 aromatic heterocycles. The number of anilines is 1. The van der Waals surface area contributed by atoms with Crippen LogP contribution in [0.15, 0.2) is 18.3 Å². The van der Waals surface area contributed by atoms with E-state index in [-0.39, 0.29) is 5.91 Å². The summed E-state index contributed by atoms with van der Waals surface area (Å²) < 4.78 is 0. The van der Waals surface area contributed by atoms with Gasteiger partial charge >= 0.3 is 0 Å². The summed E-state index contributed by atoms with van der Waals surface area (Å²) in [6, 6.07) is 3.64. The summed E-state index contributed by atoms with van der Waals surface area (Å²) in [6.07, 6.45) is 2.55. The Morgan fingerprint density at radius 1 is 1.10 bits per heavy atom. The molecule has 1 aromatic rings. The van der Waals surface area contributed by atoms with Gasteiger partial charge in [0.2, 0.25) is 0 Å². The Morgan fingerprint density at radius 2 is 1.81 bits per heavy atom. The van der Waals surface area contributed by atoms with E-state index in [4.69, 9.17) is 0 Å². The summed E-state index contributed by atoms with van der Waals surface area (Å²) in [6.45, 7) is 3.42. The van der Waals surface area contributed by atoms with Gasteiger partial charge in [-0.15, -0.1) is 0 Å². The molecule has 0 aromatic carbocycles. The van der Waals surface area contributed by atoms with Gasteiger partial charge in [0.25, 0.3) is 5.91 Å². The predicted molar refractivity (Wildman–Crippen MR) is 86.8 cm³/mol. The maximum atomic E-state index is 11.9. The van der Waals surface area contributed by atoms with E-state index < -0.39 is 0 Å². The van der Waals surface area contributed by atoms with Crippen LogP contribution in [0.2, 0.25) is 0 Å². The standard InChI is InChI=1S/C15H27N5O/c1-19(2)10-5-8-17-15(21)13-6-7-14(18-12-13)16-9-11-20(3)4/h6-7,12H,5,8-11H2,1-4H3,(H,16,18)(H,17,21). The zero-order chi connectivity index (χ0) is 15.7. The average Bonchev–Trinajstić information content (AvgIpc) is 2.43. The first-order valence-corrected chi connectivity index (χ1v) is 7.26. The van der Waals surface area contributed by atoms with Crippen molar-refractivity contribution < 1.29 is 4.79 Å². The lowest BCUT2D eigenvalue weighted by Crippen LogP contribution is -2.27. The van der Waals surface area contributed by atoms with Gasteiger partial charge in [-0.3, -0.25) is 4.79 Å². The predicted octanol–water partition coefficient (Wildman–Crippen LogP) is 0.737. The van der Waals surface area contributed by atoms with Gasteiger partial charge in [0.05, 0.1) is 5.56 Å². The Balaban J connectivity index is 2.33. The molecule has 0 fully saturated rings. The molecular formula is C15H27N5O. The molecule has 0 spiro atoms. The zero-order valence-electron chi connectivity index (χ0n) is 13.5. The van der Waals surface area contributed by atoms with Crippen molar-refractivity contribution in [2.45, 2.75) is 6.42 Å². The van der Waals surface area contributed by atoms with E-state index in [2.05, 4.69) is 25.4 Å². The Morgan fingerprint density at radius 3 is 2.38 bits per heavy atom. The van der Waals surface area contributed by atoms with Crippen molar-refractivity contribution in [2.75, 3.05) is 59.7 Å². The Hall–Kier alpha value is -1.66. The van der Waals surface area contributed by atoms with Crippen LogP contribution in [0.5, 0.6) is 0 Å². The smallest absolute Gasteiger partial charge is 0.252 e. The number of aromatic nitrogens is 1. The molecule has 6 heteroatoms. The second-order valence-electron chi connectivity index (χ2n) is 5.57. The second kappa shape index (κ2) is 9.31. The van der Waals surface area contributed by atoms with Gasteiger partial charge < -0.3 is 20.4 Å². The Bertz CT molecular complexity index is 417. The van der Waals surface area contributed by atoms with Gasteiger partial charge in [0.1, 0.15) is 5.82 Å². The van der Waals surface area contributed by atoms with E-state index in [0.29, 0.717) is 12.1 Å². The molecule has 1 heterocycles. The minimum Gasteiger partial charge on any atom is -0.369 e. The third kappa shape index (κ3) is 7.63. The number of carbonyl (C=O) groups excluding carboxylic acids is 1. The van der Waals surface area contributed by atoms with Crippen LogP contribution < -0.4 is 10.6 Å². The van der Waals surface area contributed by atoms with Crippen LogP contribution >= 0.6 is 0 Å². The highest BCUT2D eigenvalue weighted by atomic mass is 16.1. The van der Waals surface area contributed by atoms with Gasteiger partial charge in [-0.2, -0.15) is 0 Å². The van der Waals surface area contributed by atoms with E-state index in [9.17, 15) is 4.79 Å². The van der Waals surface area contributed by atoms with Crippen molar-refractivity contribution in [3.63, 3.8) is 0 Å². The third-order valence-electron chi connectivity index (χ3n) is 2.96. The molecule has 1 amide bonds. The molecule has 118 valence electrons. The SMILES string of the molecule is CN(C)CCCNC(=O)c1ccc(NCCN(C)C)nc1. The van der Waals surface area contributed by atoms with E-state index >= 15 is 0 Å². The lowest BCUT2D eigenvalue weighted by atomic mass is 10.2. The highest BCUT2D eigenvalue weighted by Gasteiger charge is 2.05. The summed E-state index contributed by atoms with van der Waals surface area (Å²) in [5.74, 6) is 0.724. The molecule has 0 aliphatic heterocycles. The quantitative estimate of drug-likeness (QED) is 0.658. The van der Waals surface area contributed by atoms with Gasteiger partial charge in [-0.25, -0.2) is 4.98 Å². The molecule has 0 unspecified atom stereocenters. The van der Waals surface area contributed by atoms with E-state index in [1.54, 1.807) is 12.3 Å². The van der Waals surface area contributed by atoms with Crippen molar-refractivity contribution in [2.24, 2.45) is 0 Å². The number of nitrogens with one attached hydrogen (secondary N) is 2. The first kappa shape index (κ1) is 17.4. The Labute approximate surface area is 127 Å². The minimum atomic E-state index is -0.0684. The van der Waals surface area contributed by atoms with Gasteiger partial charge in [-0.05, 0) is 53.3 Å². The van der Waals surface area contributed by atoms with Crippen molar-refractivity contribution in [3.05, 3.63) is 23.9 Å². The number of hydrogen-bond acceptors (Lipinski definition) is 5. The largest absolute Gasteiger partial charge is 0.369 e. The van der Waals surface area contributed by atoms with Crippen molar-refractivity contribution in [1.82, 2.24) is 20.1 Å². The number of rotatable bonds is 9. The van der Waals surface area contributed by atoms with Crippen LogP contribution in [0.1, 0.15) is 16.8 Å². The van der Waals surface area contributed by atoms with Crippen molar-refractivity contribution >= 4 is 11.7 Å². The molecule has 0 bridgehead atoms. The van der Waals surface area contributed by atoms with E-state index in [0.717, 1.165) is 31.9 Å². The molecule has 0 saturated heterocycles. The number of likely N-dealkylation sites (N-methyl/N-ethyl adjacent to an activating group) is 1. The number of pyridine rings is 1. The van der Waals surface area contributed by atoms with Crippen LogP contribution in [0, 0.1) is 0 Å². The normalized spacial score (nSPS) is 11.0. The topological polar surface area (TPSA) is 60.5 Å². The number of hydrogen-bond donors (Lipinski definition) is 2. The zero-order valence-corrected chi connectivity index (χ0v) is 13.5. The second-order valence-corrected chi connectivity index (χ2v) is 5.57. The maximum absolute atomic E-state index is 11.9. The molecule has 0 aliphatic carbocycles. The summed E-state index contributed by atoms with van der Waals surface area (Å²) in [4.78, 5) is 20.4. The van der Waals surface area contributed by atoms with Crippen LogP contribution in [-0.4, -0.2) is 75.1 Å². The summed E-state index contributed by atoms with van der Waals surface area (Å²) >= 11 is 0. The number of carbonyl (C=O) groups is 1. The van der Waals surface area contributed by atoms with Gasteiger partial charge in [0, 0.05) is 25.8 Å². The fourth-order valence-corrected chi connectivity index (χ4v) is 1.74. The summed E-state index contributed by atoms with van der Waals surface area (Å²) in [5, 5.41) is 6.12. The van der Waals surface area contributed by atoms with Crippen molar-refractivity contribution in [3.8, 4) is 0 Å². The number of amides is 1. The fraction of sp³-hybridized carbons (Fsp3) is 0.600. The molecule has 0 radical (unpaired) electrons. The van der Waals surface area contributed by atoms with E-state index in [1.807, 2.05) is 34.3 Å². The van der Waals surface area contributed by atoms with Gasteiger partial charge in [-0.1, -0.05) is 0 Å². The van der Waals surface area contributed by atoms with E-state index in [1.165, 1.54) is 0 Å². The monoisotopic (exact) mass is 293 g/mol. The van der Waals surface area contributed by atoms with Crippen LogP contribution in [0.25, 0.3) is 0 Å². The maximum Gasteiger partial charge on any atom is 0.252 e. The molecule has 2 N–H and O–H groups in total. The van der Waals surface area contributed by atoms with Crippen LogP contribution in [-0.2, 0) is 0 Å². The molecule has 0 atom stereocenters. The molecule has 0 aliphatic rings. The third-order valence-corrected chi connectivity index (χ3v) is 2.96. The van der Waals surface area contributed by atoms with Crippen LogP contribution in [0.3, 0.4) is 0 Å². The number of nitrogens with zero attached hydrogens (tertiary/aromatic N) is 3. The first-order valence-electron chi connectivity index (χ1n) is 7.26. The average molecular weight is 293 g/mol. The molecule has 21 heavy (non-hydrogen) atoms. The summed E-state index contributed by atoms with van der Waals surface area (Å²) in [5.41, 5.74) is 0.595. The molecule has 6 nitrogen and oxygen atoms in total. The van der Waals surface area contributed by atoms with Crippen LogP contribution in [0.4, 0.5) is 5.82 Å². The molecular weight excluding hydrogens is 266 g/mol. The Kier molecular flexibility index (Phi) is 7.71. The highest BCUT2D eigenvalue weighted by molar-refractivity contribution is 5.93. The summed E-state index contributed by atoms with van der Waals surface area (Å²) in [7, 11) is 8.10. The fourth-order valence-electron chi connectivity index (χ4n) is 1.74. The lowest BCUT2D eigenvalue weighted by Gasteiger charge is -2.11. The highest BCUT2D eigenvalue weighted by Crippen LogP contribution is 2.04. The minimum absolute atomic E-state index is 0.0684. The van der Waals surface area contributed by atoms with Gasteiger partial charge in [0.15, 0.2) is 0 Å².